The standard InChI is InChI=1S/C17H20FN3/c1-3-17-19-8-6-15(20-17)11-21-9-7-13-4-5-14(18)10-16(13)12(21)2/h4-6,8,10,12H,3,7,9,11H2,1-2H3/t12-/m0/s1. The number of aromatic nitrogens is 2. The second-order valence-corrected chi connectivity index (χ2v) is 5.56. The molecule has 0 amide bonds. The second-order valence-electron chi connectivity index (χ2n) is 5.56. The van der Waals surface area contributed by atoms with Crippen LogP contribution in [-0.4, -0.2) is 21.4 Å². The molecule has 0 radical (unpaired) electrons. The maximum atomic E-state index is 13.5. The van der Waals surface area contributed by atoms with Gasteiger partial charge in [-0.2, -0.15) is 0 Å². The molecular weight excluding hydrogens is 265 g/mol. The van der Waals surface area contributed by atoms with Crippen molar-refractivity contribution in [2.45, 2.75) is 39.3 Å². The Morgan fingerprint density at radius 1 is 1.33 bits per heavy atom. The highest BCUT2D eigenvalue weighted by Gasteiger charge is 2.24. The van der Waals surface area contributed by atoms with Gasteiger partial charge in [0.05, 0.1) is 5.69 Å². The van der Waals surface area contributed by atoms with E-state index in [4.69, 9.17) is 0 Å². The van der Waals surface area contributed by atoms with Gasteiger partial charge in [-0.15, -0.1) is 0 Å². The fraction of sp³-hybridized carbons (Fsp3) is 0.412. The molecule has 0 unspecified atom stereocenters. The summed E-state index contributed by atoms with van der Waals surface area (Å²) in [7, 11) is 0. The van der Waals surface area contributed by atoms with Crippen LogP contribution < -0.4 is 0 Å². The number of hydrogen-bond acceptors (Lipinski definition) is 3. The molecule has 1 aromatic heterocycles. The molecule has 0 aliphatic carbocycles. The van der Waals surface area contributed by atoms with E-state index in [1.807, 2.05) is 18.3 Å². The number of aryl methyl sites for hydroxylation is 1. The van der Waals surface area contributed by atoms with Crippen molar-refractivity contribution < 1.29 is 4.39 Å². The van der Waals surface area contributed by atoms with E-state index in [9.17, 15) is 4.39 Å². The van der Waals surface area contributed by atoms with Gasteiger partial charge in [0.1, 0.15) is 11.6 Å². The molecule has 1 atom stereocenters. The minimum absolute atomic E-state index is 0.155. The zero-order valence-electron chi connectivity index (χ0n) is 12.5. The first-order chi connectivity index (χ1) is 10.2. The normalized spacial score (nSPS) is 18.5. The quantitative estimate of drug-likeness (QED) is 0.866. The van der Waals surface area contributed by atoms with Gasteiger partial charge in [-0.3, -0.25) is 4.90 Å². The molecule has 3 nitrogen and oxygen atoms in total. The van der Waals surface area contributed by atoms with Crippen molar-refractivity contribution in [3.05, 3.63) is 58.9 Å². The van der Waals surface area contributed by atoms with Crippen molar-refractivity contribution in [3.8, 4) is 0 Å². The molecular formula is C17H20FN3. The number of hydrogen-bond donors (Lipinski definition) is 0. The van der Waals surface area contributed by atoms with Gasteiger partial charge in [0.2, 0.25) is 0 Å². The summed E-state index contributed by atoms with van der Waals surface area (Å²) in [5.74, 6) is 0.723. The average Bonchev–Trinajstić information content (AvgIpc) is 2.51. The lowest BCUT2D eigenvalue weighted by Crippen LogP contribution is -2.33. The Labute approximate surface area is 124 Å². The van der Waals surface area contributed by atoms with Gasteiger partial charge >= 0.3 is 0 Å². The molecule has 0 spiro atoms. The van der Waals surface area contributed by atoms with Gasteiger partial charge < -0.3 is 0 Å². The molecule has 1 aliphatic heterocycles. The Hall–Kier alpha value is -1.81. The Kier molecular flexibility index (Phi) is 3.97. The molecule has 110 valence electrons. The molecule has 21 heavy (non-hydrogen) atoms. The van der Waals surface area contributed by atoms with Crippen LogP contribution >= 0.6 is 0 Å². The van der Waals surface area contributed by atoms with Crippen molar-refractivity contribution in [2.75, 3.05) is 6.54 Å². The molecule has 3 rings (SSSR count). The molecule has 0 fully saturated rings. The summed E-state index contributed by atoms with van der Waals surface area (Å²) < 4.78 is 13.5. The van der Waals surface area contributed by atoms with Gasteiger partial charge in [0, 0.05) is 31.7 Å². The smallest absolute Gasteiger partial charge is 0.128 e. The monoisotopic (exact) mass is 285 g/mol. The van der Waals surface area contributed by atoms with Crippen LogP contribution in [0.25, 0.3) is 0 Å². The highest BCUT2D eigenvalue weighted by atomic mass is 19.1. The summed E-state index contributed by atoms with van der Waals surface area (Å²) >= 11 is 0. The van der Waals surface area contributed by atoms with E-state index in [-0.39, 0.29) is 11.9 Å². The lowest BCUT2D eigenvalue weighted by molar-refractivity contribution is 0.186. The summed E-state index contributed by atoms with van der Waals surface area (Å²) in [6.07, 6.45) is 3.63. The third-order valence-corrected chi connectivity index (χ3v) is 4.22. The van der Waals surface area contributed by atoms with E-state index in [0.29, 0.717) is 0 Å². The third kappa shape index (κ3) is 2.95. The van der Waals surface area contributed by atoms with Crippen LogP contribution in [0.3, 0.4) is 0 Å². The first-order valence-corrected chi connectivity index (χ1v) is 7.50. The van der Waals surface area contributed by atoms with Crippen LogP contribution in [0.5, 0.6) is 0 Å². The number of fused-ring (bicyclic) bond motifs is 1. The SMILES string of the molecule is CCc1nccc(CN2CCc3ccc(F)cc3[C@@H]2C)n1. The van der Waals surface area contributed by atoms with Crippen LogP contribution in [0.15, 0.2) is 30.5 Å². The van der Waals surface area contributed by atoms with Gasteiger partial charge in [0.15, 0.2) is 0 Å². The topological polar surface area (TPSA) is 29.0 Å². The summed E-state index contributed by atoms with van der Waals surface area (Å²) in [6, 6.07) is 7.32. The number of rotatable bonds is 3. The van der Waals surface area contributed by atoms with E-state index >= 15 is 0 Å². The van der Waals surface area contributed by atoms with Gasteiger partial charge in [-0.05, 0) is 42.7 Å². The Bertz CT molecular complexity index is 642. The minimum atomic E-state index is -0.155. The van der Waals surface area contributed by atoms with Crippen LogP contribution in [0.2, 0.25) is 0 Å². The van der Waals surface area contributed by atoms with Gasteiger partial charge in [-0.25, -0.2) is 14.4 Å². The van der Waals surface area contributed by atoms with E-state index in [1.165, 1.54) is 5.56 Å². The fourth-order valence-corrected chi connectivity index (χ4v) is 2.96. The largest absolute Gasteiger partial charge is 0.290 e. The lowest BCUT2D eigenvalue weighted by atomic mass is 9.93. The molecule has 0 saturated heterocycles. The summed E-state index contributed by atoms with van der Waals surface area (Å²) in [5, 5.41) is 0. The zero-order valence-corrected chi connectivity index (χ0v) is 12.5. The van der Waals surface area contributed by atoms with Crippen LogP contribution in [0.4, 0.5) is 4.39 Å². The van der Waals surface area contributed by atoms with E-state index in [0.717, 1.165) is 43.0 Å². The predicted molar refractivity (Wildman–Crippen MR) is 80.3 cm³/mol. The second kappa shape index (κ2) is 5.90. The molecule has 1 aliphatic rings. The van der Waals surface area contributed by atoms with Crippen molar-refractivity contribution in [3.63, 3.8) is 0 Å². The first-order valence-electron chi connectivity index (χ1n) is 7.50. The minimum Gasteiger partial charge on any atom is -0.290 e. The molecule has 0 bridgehead atoms. The maximum absolute atomic E-state index is 13.5. The number of halogens is 1. The van der Waals surface area contributed by atoms with Gasteiger partial charge in [-0.1, -0.05) is 13.0 Å². The van der Waals surface area contributed by atoms with E-state index in [1.54, 1.807) is 12.1 Å². The number of nitrogens with zero attached hydrogens (tertiary/aromatic N) is 3. The Morgan fingerprint density at radius 2 is 2.19 bits per heavy atom. The maximum Gasteiger partial charge on any atom is 0.128 e. The summed E-state index contributed by atoms with van der Waals surface area (Å²) in [4.78, 5) is 11.2. The van der Waals surface area contributed by atoms with Crippen molar-refractivity contribution in [1.82, 2.24) is 14.9 Å². The van der Waals surface area contributed by atoms with E-state index < -0.39 is 0 Å². The molecule has 0 saturated carbocycles. The highest BCUT2D eigenvalue weighted by Crippen LogP contribution is 2.30. The lowest BCUT2D eigenvalue weighted by Gasteiger charge is -2.35. The van der Waals surface area contributed by atoms with Crippen LogP contribution in [0, 0.1) is 5.82 Å². The molecule has 1 aromatic carbocycles. The Balaban J connectivity index is 1.81. The number of benzene rings is 1. The fourth-order valence-electron chi connectivity index (χ4n) is 2.96. The average molecular weight is 285 g/mol. The summed E-state index contributed by atoms with van der Waals surface area (Å²) in [5.41, 5.74) is 3.40. The van der Waals surface area contributed by atoms with E-state index in [2.05, 4.69) is 28.7 Å². The molecule has 0 N–H and O–H groups in total. The Morgan fingerprint density at radius 3 is 3.00 bits per heavy atom. The van der Waals surface area contributed by atoms with Crippen LogP contribution in [0.1, 0.15) is 42.5 Å². The third-order valence-electron chi connectivity index (χ3n) is 4.22. The van der Waals surface area contributed by atoms with Crippen molar-refractivity contribution in [2.24, 2.45) is 0 Å². The highest BCUT2D eigenvalue weighted by molar-refractivity contribution is 5.32. The van der Waals surface area contributed by atoms with Crippen LogP contribution in [-0.2, 0) is 19.4 Å². The van der Waals surface area contributed by atoms with Crippen molar-refractivity contribution in [1.29, 1.82) is 0 Å². The molecule has 2 aromatic rings. The van der Waals surface area contributed by atoms with Gasteiger partial charge in [0.25, 0.3) is 0 Å². The zero-order chi connectivity index (χ0) is 14.8. The van der Waals surface area contributed by atoms with Crippen molar-refractivity contribution >= 4 is 0 Å². The predicted octanol–water partition coefficient (Wildman–Crippen LogP) is 3.30. The molecule has 4 heteroatoms. The first kappa shape index (κ1) is 14.1. The molecule has 2 heterocycles. The summed E-state index contributed by atoms with van der Waals surface area (Å²) in [6.45, 7) is 5.96.